The first-order chi connectivity index (χ1) is 9.97. The first kappa shape index (κ1) is 14.0. The van der Waals surface area contributed by atoms with Gasteiger partial charge in [-0.1, -0.05) is 31.9 Å². The summed E-state index contributed by atoms with van der Waals surface area (Å²) in [5, 5.41) is 11.0. The second-order valence-corrected chi connectivity index (χ2v) is 8.54. The van der Waals surface area contributed by atoms with Crippen LogP contribution in [0.3, 0.4) is 0 Å². The van der Waals surface area contributed by atoms with Crippen LogP contribution < -0.4 is 0 Å². The van der Waals surface area contributed by atoms with E-state index in [1.165, 1.54) is 25.7 Å². The van der Waals surface area contributed by atoms with E-state index in [1.807, 2.05) is 0 Å². The summed E-state index contributed by atoms with van der Waals surface area (Å²) in [5.41, 5.74) is 1.58. The van der Waals surface area contributed by atoms with Gasteiger partial charge in [-0.3, -0.25) is 4.79 Å². The molecule has 2 heteroatoms. The molecule has 3 saturated carbocycles. The Hall–Kier alpha value is -0.630. The molecular weight excluding hydrogens is 260 g/mol. The van der Waals surface area contributed by atoms with Gasteiger partial charge in [0.1, 0.15) is 5.78 Å². The third kappa shape index (κ3) is 1.72. The van der Waals surface area contributed by atoms with E-state index in [-0.39, 0.29) is 16.9 Å². The van der Waals surface area contributed by atoms with E-state index in [9.17, 15) is 9.90 Å². The fraction of sp³-hybridized carbons (Fsp3) is 0.842. The monoisotopic (exact) mass is 288 g/mol. The average Bonchev–Trinajstić information content (AvgIpc) is 2.73. The summed E-state index contributed by atoms with van der Waals surface area (Å²) >= 11 is 0. The van der Waals surface area contributed by atoms with E-state index in [4.69, 9.17) is 0 Å². The zero-order valence-corrected chi connectivity index (χ0v) is 13.4. The second kappa shape index (κ2) is 4.44. The predicted octanol–water partition coefficient (Wildman–Crippen LogP) is 3.88. The lowest BCUT2D eigenvalue weighted by atomic mass is 9.47. The summed E-state index contributed by atoms with van der Waals surface area (Å²) in [6, 6.07) is 0. The van der Waals surface area contributed by atoms with Crippen molar-refractivity contribution in [2.24, 2.45) is 28.6 Å². The molecule has 0 unspecified atom stereocenters. The molecule has 116 valence electrons. The summed E-state index contributed by atoms with van der Waals surface area (Å²) in [4.78, 5) is 12.4. The Morgan fingerprint density at radius 3 is 2.81 bits per heavy atom. The van der Waals surface area contributed by atoms with Crippen LogP contribution in [0.5, 0.6) is 0 Å². The van der Waals surface area contributed by atoms with E-state index in [1.54, 1.807) is 5.57 Å². The van der Waals surface area contributed by atoms with Gasteiger partial charge in [0.15, 0.2) is 0 Å². The molecular formula is C19H28O2. The minimum absolute atomic E-state index is 0.202. The van der Waals surface area contributed by atoms with Gasteiger partial charge in [-0.15, -0.1) is 0 Å². The number of allylic oxidation sites excluding steroid dienone is 2. The van der Waals surface area contributed by atoms with Gasteiger partial charge in [0, 0.05) is 11.8 Å². The van der Waals surface area contributed by atoms with E-state index in [2.05, 4.69) is 19.9 Å². The molecule has 0 amide bonds. The van der Waals surface area contributed by atoms with Crippen molar-refractivity contribution in [1.82, 2.24) is 0 Å². The number of hydrogen-bond donors (Lipinski definition) is 1. The fourth-order valence-electron chi connectivity index (χ4n) is 6.60. The van der Waals surface area contributed by atoms with Crippen molar-refractivity contribution in [1.29, 1.82) is 0 Å². The number of Topliss-reactive ketones (excluding diaryl/α,β-unsaturated/α-hetero) is 1. The minimum Gasteiger partial charge on any atom is -0.393 e. The Bertz CT molecular complexity index is 508. The number of ketones is 1. The summed E-state index contributed by atoms with van der Waals surface area (Å²) in [6.45, 7) is 4.53. The largest absolute Gasteiger partial charge is 0.393 e. The van der Waals surface area contributed by atoms with E-state index in [0.29, 0.717) is 30.0 Å². The zero-order chi connectivity index (χ0) is 14.8. The maximum Gasteiger partial charge on any atom is 0.139 e. The molecule has 0 aromatic carbocycles. The first-order valence-corrected chi connectivity index (χ1v) is 8.88. The molecule has 0 aromatic rings. The normalized spacial score (nSPS) is 52.7. The minimum atomic E-state index is -0.287. The van der Waals surface area contributed by atoms with E-state index in [0.717, 1.165) is 19.3 Å². The first-order valence-electron chi connectivity index (χ1n) is 8.88. The molecule has 0 saturated heterocycles. The number of carbonyl (C=O) groups excluding carboxylic acids is 1. The molecule has 1 N–H and O–H groups in total. The molecule has 0 spiro atoms. The molecule has 0 aromatic heterocycles. The third-order valence-electron chi connectivity index (χ3n) is 7.66. The highest BCUT2D eigenvalue weighted by atomic mass is 16.3. The van der Waals surface area contributed by atoms with Gasteiger partial charge in [0.2, 0.25) is 0 Å². The Labute approximate surface area is 128 Å². The fourth-order valence-corrected chi connectivity index (χ4v) is 6.60. The lowest BCUT2D eigenvalue weighted by molar-refractivity contribution is -0.144. The summed E-state index contributed by atoms with van der Waals surface area (Å²) in [5.74, 6) is 1.84. The Morgan fingerprint density at radius 2 is 2.00 bits per heavy atom. The molecule has 6 atom stereocenters. The molecule has 2 nitrogen and oxygen atoms in total. The van der Waals surface area contributed by atoms with Crippen molar-refractivity contribution in [3.63, 3.8) is 0 Å². The van der Waals surface area contributed by atoms with Crippen molar-refractivity contribution in [2.45, 2.75) is 71.3 Å². The lowest BCUT2D eigenvalue weighted by Gasteiger charge is -2.58. The average molecular weight is 288 g/mol. The van der Waals surface area contributed by atoms with Gasteiger partial charge in [-0.25, -0.2) is 0 Å². The van der Waals surface area contributed by atoms with Gasteiger partial charge in [0.25, 0.3) is 0 Å². The Morgan fingerprint density at radius 1 is 1.19 bits per heavy atom. The van der Waals surface area contributed by atoms with E-state index < -0.39 is 0 Å². The summed E-state index contributed by atoms with van der Waals surface area (Å²) < 4.78 is 0. The molecule has 4 rings (SSSR count). The molecule has 0 bridgehead atoms. The van der Waals surface area contributed by atoms with Crippen molar-refractivity contribution in [3.8, 4) is 0 Å². The van der Waals surface area contributed by atoms with Crippen molar-refractivity contribution < 1.29 is 9.90 Å². The lowest BCUT2D eigenvalue weighted by Crippen LogP contribution is -2.55. The van der Waals surface area contributed by atoms with Crippen molar-refractivity contribution in [2.75, 3.05) is 0 Å². The van der Waals surface area contributed by atoms with Crippen LogP contribution in [0.2, 0.25) is 0 Å². The van der Waals surface area contributed by atoms with Crippen LogP contribution in [0.1, 0.15) is 65.2 Å². The number of hydrogen-bond acceptors (Lipinski definition) is 2. The summed E-state index contributed by atoms with van der Waals surface area (Å²) in [6.07, 6.45) is 10.9. The Kier molecular flexibility index (Phi) is 2.96. The quantitative estimate of drug-likeness (QED) is 0.687. The maximum atomic E-state index is 12.4. The van der Waals surface area contributed by atoms with Crippen LogP contribution in [-0.4, -0.2) is 17.0 Å². The van der Waals surface area contributed by atoms with Gasteiger partial charge in [-0.05, 0) is 61.7 Å². The molecule has 21 heavy (non-hydrogen) atoms. The van der Waals surface area contributed by atoms with Crippen LogP contribution >= 0.6 is 0 Å². The van der Waals surface area contributed by atoms with Crippen molar-refractivity contribution in [3.05, 3.63) is 11.6 Å². The van der Waals surface area contributed by atoms with Gasteiger partial charge >= 0.3 is 0 Å². The molecule has 0 aliphatic heterocycles. The molecule has 4 aliphatic rings. The molecule has 0 heterocycles. The van der Waals surface area contributed by atoms with Crippen LogP contribution in [0.15, 0.2) is 11.6 Å². The van der Waals surface area contributed by atoms with Crippen LogP contribution in [0, 0.1) is 28.6 Å². The number of aliphatic hydroxyl groups excluding tert-OH is 1. The maximum absolute atomic E-state index is 12.4. The highest BCUT2D eigenvalue weighted by Gasteiger charge is 2.61. The van der Waals surface area contributed by atoms with Crippen LogP contribution in [0.25, 0.3) is 0 Å². The Balaban J connectivity index is 1.76. The van der Waals surface area contributed by atoms with Crippen LogP contribution in [0.4, 0.5) is 0 Å². The molecule has 4 aliphatic carbocycles. The van der Waals surface area contributed by atoms with Crippen LogP contribution in [-0.2, 0) is 4.79 Å². The predicted molar refractivity (Wildman–Crippen MR) is 82.7 cm³/mol. The highest BCUT2D eigenvalue weighted by molar-refractivity contribution is 5.87. The smallest absolute Gasteiger partial charge is 0.139 e. The standard InChI is InChI=1S/C19H28O2/c1-18-10-4-3-5-12(18)6-7-13-14-8-9-16(21)19(14,2)11-15(20)17(13)18/h6,13-15,17,20H,3-5,7-11H2,1-2H3/t13-,14-,15+,17+,18-,19-/m0/s1. The van der Waals surface area contributed by atoms with Gasteiger partial charge in [0.05, 0.1) is 6.10 Å². The second-order valence-electron chi connectivity index (χ2n) is 8.54. The molecule has 3 fully saturated rings. The number of rotatable bonds is 0. The number of aliphatic hydroxyl groups is 1. The topological polar surface area (TPSA) is 37.3 Å². The third-order valence-corrected chi connectivity index (χ3v) is 7.66. The van der Waals surface area contributed by atoms with Gasteiger partial charge < -0.3 is 5.11 Å². The zero-order valence-electron chi connectivity index (χ0n) is 13.4. The summed E-state index contributed by atoms with van der Waals surface area (Å²) in [7, 11) is 0. The SMILES string of the molecule is C[C@]12CCCCC1=CC[C@@H]1[C@@H]2[C@H](O)C[C@]2(C)C(=O)CC[C@@H]12. The van der Waals surface area contributed by atoms with Crippen molar-refractivity contribution >= 4 is 5.78 Å². The molecule has 0 radical (unpaired) electrons. The van der Waals surface area contributed by atoms with Gasteiger partial charge in [-0.2, -0.15) is 0 Å². The van der Waals surface area contributed by atoms with E-state index >= 15 is 0 Å². The number of carbonyl (C=O) groups is 1. The highest BCUT2D eigenvalue weighted by Crippen LogP contribution is 2.63. The number of fused-ring (bicyclic) bond motifs is 5.